The molecule has 1 aromatic heterocycles. The fraction of sp³-hybridized carbons (Fsp3) is 0.412. The standard InChI is InChI=1S/C17H21FN4O/c1-12-6-7-15(14(18)10-12)19-11-17(23)21-16-8-9-20-22(16)13-4-2-3-5-13/h6-10,13,19H,2-5,11H2,1H3,(H,21,23). The van der Waals surface area contributed by atoms with Gasteiger partial charge in [0.25, 0.3) is 0 Å². The molecule has 0 atom stereocenters. The minimum Gasteiger partial charge on any atom is -0.374 e. The highest BCUT2D eigenvalue weighted by Gasteiger charge is 2.20. The van der Waals surface area contributed by atoms with Gasteiger partial charge in [-0.3, -0.25) is 4.79 Å². The summed E-state index contributed by atoms with van der Waals surface area (Å²) in [7, 11) is 0. The third-order valence-corrected chi connectivity index (χ3v) is 4.17. The molecule has 2 aromatic rings. The number of anilines is 2. The zero-order valence-corrected chi connectivity index (χ0v) is 13.2. The van der Waals surface area contributed by atoms with Gasteiger partial charge in [0.15, 0.2) is 0 Å². The quantitative estimate of drug-likeness (QED) is 0.887. The average Bonchev–Trinajstić information content (AvgIpc) is 3.17. The first-order valence-corrected chi connectivity index (χ1v) is 7.97. The number of benzene rings is 1. The molecule has 0 aliphatic heterocycles. The lowest BCUT2D eigenvalue weighted by Gasteiger charge is -2.15. The van der Waals surface area contributed by atoms with E-state index in [9.17, 15) is 9.18 Å². The molecule has 0 unspecified atom stereocenters. The summed E-state index contributed by atoms with van der Waals surface area (Å²) in [5, 5.41) is 9.98. The molecule has 6 heteroatoms. The van der Waals surface area contributed by atoms with E-state index in [-0.39, 0.29) is 18.3 Å². The van der Waals surface area contributed by atoms with Gasteiger partial charge in [-0.25, -0.2) is 9.07 Å². The Bertz CT molecular complexity index is 692. The van der Waals surface area contributed by atoms with Gasteiger partial charge in [-0.15, -0.1) is 0 Å². The number of hydrogen-bond acceptors (Lipinski definition) is 3. The first-order chi connectivity index (χ1) is 11.1. The Kier molecular flexibility index (Phi) is 4.60. The van der Waals surface area contributed by atoms with Gasteiger partial charge in [-0.1, -0.05) is 18.9 Å². The van der Waals surface area contributed by atoms with E-state index in [1.807, 2.05) is 11.6 Å². The summed E-state index contributed by atoms with van der Waals surface area (Å²) in [6, 6.07) is 7.04. The highest BCUT2D eigenvalue weighted by molar-refractivity contribution is 5.93. The minimum atomic E-state index is -0.353. The maximum Gasteiger partial charge on any atom is 0.244 e. The number of nitrogens with one attached hydrogen (secondary N) is 2. The Morgan fingerprint density at radius 1 is 1.35 bits per heavy atom. The predicted molar refractivity (Wildman–Crippen MR) is 88.0 cm³/mol. The molecule has 1 aliphatic carbocycles. The van der Waals surface area contributed by atoms with Gasteiger partial charge in [0.2, 0.25) is 5.91 Å². The summed E-state index contributed by atoms with van der Waals surface area (Å²) < 4.78 is 15.6. The molecule has 0 saturated heterocycles. The van der Waals surface area contributed by atoms with Crippen LogP contribution in [0.5, 0.6) is 0 Å². The number of hydrogen-bond donors (Lipinski definition) is 2. The summed E-state index contributed by atoms with van der Waals surface area (Å²) in [5.41, 5.74) is 1.17. The van der Waals surface area contributed by atoms with Crippen LogP contribution in [0.3, 0.4) is 0 Å². The molecule has 1 saturated carbocycles. The van der Waals surface area contributed by atoms with Crippen molar-refractivity contribution in [3.8, 4) is 0 Å². The first-order valence-electron chi connectivity index (χ1n) is 7.97. The van der Waals surface area contributed by atoms with E-state index in [1.54, 1.807) is 24.4 Å². The zero-order valence-electron chi connectivity index (χ0n) is 13.2. The number of aromatic nitrogens is 2. The van der Waals surface area contributed by atoms with Gasteiger partial charge in [-0.2, -0.15) is 5.10 Å². The van der Waals surface area contributed by atoms with Crippen molar-refractivity contribution in [1.82, 2.24) is 9.78 Å². The van der Waals surface area contributed by atoms with Crippen molar-refractivity contribution >= 4 is 17.4 Å². The van der Waals surface area contributed by atoms with Crippen molar-refractivity contribution < 1.29 is 9.18 Å². The lowest BCUT2D eigenvalue weighted by Crippen LogP contribution is -2.24. The van der Waals surface area contributed by atoms with E-state index in [0.717, 1.165) is 18.4 Å². The van der Waals surface area contributed by atoms with Gasteiger partial charge in [0.05, 0.1) is 24.5 Å². The Balaban J connectivity index is 1.58. The predicted octanol–water partition coefficient (Wildman–Crippen LogP) is 3.50. The van der Waals surface area contributed by atoms with Gasteiger partial charge in [-0.05, 0) is 37.5 Å². The third-order valence-electron chi connectivity index (χ3n) is 4.17. The number of halogens is 1. The molecule has 1 aromatic carbocycles. The Morgan fingerprint density at radius 2 is 2.13 bits per heavy atom. The zero-order chi connectivity index (χ0) is 16.2. The second-order valence-corrected chi connectivity index (χ2v) is 5.98. The van der Waals surface area contributed by atoms with Crippen LogP contribution >= 0.6 is 0 Å². The second-order valence-electron chi connectivity index (χ2n) is 5.98. The molecule has 5 nitrogen and oxygen atoms in total. The third kappa shape index (κ3) is 3.70. The van der Waals surface area contributed by atoms with E-state index >= 15 is 0 Å². The number of amides is 1. The molecule has 1 aliphatic rings. The number of carbonyl (C=O) groups excluding carboxylic acids is 1. The number of aryl methyl sites for hydroxylation is 1. The molecule has 0 bridgehead atoms. The molecule has 0 radical (unpaired) electrons. The van der Waals surface area contributed by atoms with Crippen LogP contribution in [0.15, 0.2) is 30.5 Å². The lowest BCUT2D eigenvalue weighted by molar-refractivity contribution is -0.114. The highest BCUT2D eigenvalue weighted by atomic mass is 19.1. The first kappa shape index (κ1) is 15.5. The molecular weight excluding hydrogens is 295 g/mol. The summed E-state index contributed by atoms with van der Waals surface area (Å²) in [6.07, 6.45) is 6.29. The largest absolute Gasteiger partial charge is 0.374 e. The van der Waals surface area contributed by atoms with Crippen molar-refractivity contribution in [3.63, 3.8) is 0 Å². The normalized spacial score (nSPS) is 14.9. The van der Waals surface area contributed by atoms with Crippen molar-refractivity contribution in [3.05, 3.63) is 41.8 Å². The average molecular weight is 316 g/mol. The van der Waals surface area contributed by atoms with Gasteiger partial charge in [0, 0.05) is 6.07 Å². The van der Waals surface area contributed by atoms with E-state index in [1.165, 1.54) is 18.9 Å². The van der Waals surface area contributed by atoms with Crippen molar-refractivity contribution in [1.29, 1.82) is 0 Å². The minimum absolute atomic E-state index is 0.00975. The van der Waals surface area contributed by atoms with Gasteiger partial charge >= 0.3 is 0 Å². The Morgan fingerprint density at radius 3 is 2.87 bits per heavy atom. The molecule has 1 fully saturated rings. The van der Waals surface area contributed by atoms with Crippen molar-refractivity contribution in [2.24, 2.45) is 0 Å². The molecule has 122 valence electrons. The van der Waals surface area contributed by atoms with Crippen LogP contribution in [-0.4, -0.2) is 22.2 Å². The van der Waals surface area contributed by atoms with Crippen molar-refractivity contribution in [2.45, 2.75) is 38.6 Å². The van der Waals surface area contributed by atoms with Crippen LogP contribution in [0.4, 0.5) is 15.9 Å². The van der Waals surface area contributed by atoms with E-state index in [2.05, 4.69) is 15.7 Å². The summed E-state index contributed by atoms with van der Waals surface area (Å²) in [4.78, 5) is 12.1. The monoisotopic (exact) mass is 316 g/mol. The van der Waals surface area contributed by atoms with Gasteiger partial charge in [0.1, 0.15) is 11.6 Å². The van der Waals surface area contributed by atoms with Crippen molar-refractivity contribution in [2.75, 3.05) is 17.2 Å². The smallest absolute Gasteiger partial charge is 0.244 e. The molecule has 0 spiro atoms. The van der Waals surface area contributed by atoms with Crippen LogP contribution < -0.4 is 10.6 Å². The number of nitrogens with zero attached hydrogens (tertiary/aromatic N) is 2. The number of carbonyl (C=O) groups is 1. The lowest BCUT2D eigenvalue weighted by atomic mass is 10.2. The number of rotatable bonds is 5. The molecule has 1 amide bonds. The molecule has 3 rings (SSSR count). The van der Waals surface area contributed by atoms with Crippen LogP contribution in [0, 0.1) is 12.7 Å². The molecule has 1 heterocycles. The molecular formula is C17H21FN4O. The van der Waals surface area contributed by atoms with Crippen LogP contribution in [-0.2, 0) is 4.79 Å². The van der Waals surface area contributed by atoms with Gasteiger partial charge < -0.3 is 10.6 Å². The molecule has 2 N–H and O–H groups in total. The van der Waals surface area contributed by atoms with Crippen LogP contribution in [0.1, 0.15) is 37.3 Å². The topological polar surface area (TPSA) is 59.0 Å². The maximum absolute atomic E-state index is 13.7. The Hall–Kier alpha value is -2.37. The van der Waals surface area contributed by atoms with Crippen LogP contribution in [0.2, 0.25) is 0 Å². The second kappa shape index (κ2) is 6.81. The SMILES string of the molecule is Cc1ccc(NCC(=O)Nc2ccnn2C2CCCC2)c(F)c1. The van der Waals surface area contributed by atoms with E-state index in [4.69, 9.17) is 0 Å². The Labute approximate surface area is 134 Å². The van der Waals surface area contributed by atoms with Crippen LogP contribution in [0.25, 0.3) is 0 Å². The summed E-state index contributed by atoms with van der Waals surface area (Å²) in [5.74, 6) is 0.131. The molecule has 23 heavy (non-hydrogen) atoms. The maximum atomic E-state index is 13.7. The highest BCUT2D eigenvalue weighted by Crippen LogP contribution is 2.31. The van der Waals surface area contributed by atoms with E-state index < -0.39 is 0 Å². The summed E-state index contributed by atoms with van der Waals surface area (Å²) in [6.45, 7) is 1.83. The van der Waals surface area contributed by atoms with E-state index in [0.29, 0.717) is 17.5 Å². The fourth-order valence-electron chi connectivity index (χ4n) is 2.98. The fourth-order valence-corrected chi connectivity index (χ4v) is 2.98. The summed E-state index contributed by atoms with van der Waals surface area (Å²) >= 11 is 0.